The average molecular weight is 805 g/mol. The Kier molecular flexibility index (Phi) is 12.2. The van der Waals surface area contributed by atoms with Gasteiger partial charge < -0.3 is 39.9 Å². The second-order valence-corrected chi connectivity index (χ2v) is 16.0. The van der Waals surface area contributed by atoms with Crippen LogP contribution in [-0.4, -0.2) is 103 Å². The van der Waals surface area contributed by atoms with Gasteiger partial charge in [-0.2, -0.15) is 0 Å². The number of hydrogen-bond acceptors (Lipinski definition) is 10. The molecule has 2 aliphatic rings. The molecule has 4 N–H and O–H groups in total. The molecule has 0 spiro atoms. The van der Waals surface area contributed by atoms with Crippen molar-refractivity contribution >= 4 is 35.0 Å². The van der Waals surface area contributed by atoms with Gasteiger partial charge in [-0.25, -0.2) is 24.5 Å². The normalized spacial score (nSPS) is 17.7. The first-order chi connectivity index (χ1) is 28.4. The summed E-state index contributed by atoms with van der Waals surface area (Å²) in [5, 5.41) is 5.41. The van der Waals surface area contributed by atoms with Crippen LogP contribution in [0.25, 0.3) is 44.8 Å². The number of imidazole rings is 2. The highest BCUT2D eigenvalue weighted by Gasteiger charge is 2.38. The zero-order chi connectivity index (χ0) is 41.8. The molecule has 59 heavy (non-hydrogen) atoms. The number of likely N-dealkylation sites (tertiary alicyclic amines) is 2. The summed E-state index contributed by atoms with van der Waals surface area (Å²) in [6.07, 6.45) is 7.77. The minimum absolute atomic E-state index is 0.114. The van der Waals surface area contributed by atoms with Gasteiger partial charge in [0.2, 0.25) is 11.8 Å². The summed E-state index contributed by atoms with van der Waals surface area (Å²) in [7, 11) is 2.58. The van der Waals surface area contributed by atoms with Gasteiger partial charge in [0, 0.05) is 24.2 Å². The SMILES string of the molecule is COC(=O)N[C@H](C(=O)N1CCC[C@H]1c1ncc(-c2ccc(-c3cnc4cc(-c5cnc([C@@H]6CCCN6C(=O)[C@@H](CC(C)C)NC(=O)OC)[nH]5)ccc4n3)cc2)[nH]1)C(C)C. The summed E-state index contributed by atoms with van der Waals surface area (Å²) >= 11 is 0. The van der Waals surface area contributed by atoms with Crippen LogP contribution < -0.4 is 10.6 Å². The highest BCUT2D eigenvalue weighted by Crippen LogP contribution is 2.35. The third-order valence-electron chi connectivity index (χ3n) is 11.1. The van der Waals surface area contributed by atoms with Crippen molar-refractivity contribution in [3.63, 3.8) is 0 Å². The number of carbonyl (C=O) groups excluding carboxylic acids is 4. The number of aromatic amines is 2. The molecule has 0 unspecified atom stereocenters. The molecule has 2 aromatic carbocycles. The number of carbonyl (C=O) groups is 4. The Morgan fingerprint density at radius 1 is 0.712 bits per heavy atom. The van der Waals surface area contributed by atoms with E-state index in [9.17, 15) is 19.2 Å². The van der Waals surface area contributed by atoms with E-state index in [2.05, 4.69) is 30.6 Å². The predicted molar refractivity (Wildman–Crippen MR) is 220 cm³/mol. The lowest BCUT2D eigenvalue weighted by molar-refractivity contribution is -0.136. The Balaban J connectivity index is 1.02. The molecule has 2 saturated heterocycles. The third-order valence-corrected chi connectivity index (χ3v) is 11.1. The standard InChI is InChI=1S/C43H52N10O6/c1-24(2)19-31(50-42(56)58-5)40(54)52-17-7-9-35(52)38-46-23-34(49-38)28-15-16-29-30(20-28)44-21-32(47-29)26-11-13-27(14-12-26)33-22-45-39(48-33)36-10-8-18-53(36)41(55)37(25(3)4)51-43(57)59-6/h11-16,20-25,31,35-37H,7-10,17-19H2,1-6H3,(H,45,48)(H,46,49)(H,50,56)(H,51,57)/t31-,35+,36+,37+/m1/s1. The summed E-state index contributed by atoms with van der Waals surface area (Å²) < 4.78 is 9.54. The first-order valence-corrected chi connectivity index (χ1v) is 20.2. The number of fused-ring (bicyclic) bond motifs is 1. The molecular weight excluding hydrogens is 753 g/mol. The molecule has 0 aliphatic carbocycles. The van der Waals surface area contributed by atoms with Crippen LogP contribution in [0.3, 0.4) is 0 Å². The van der Waals surface area contributed by atoms with E-state index in [4.69, 9.17) is 19.4 Å². The molecule has 2 fully saturated rings. The van der Waals surface area contributed by atoms with Gasteiger partial charge in [0.25, 0.3) is 0 Å². The molecule has 0 radical (unpaired) electrons. The Labute approximate surface area is 342 Å². The highest BCUT2D eigenvalue weighted by atomic mass is 16.5. The molecule has 0 saturated carbocycles. The van der Waals surface area contributed by atoms with Gasteiger partial charge in [0.15, 0.2) is 0 Å². The van der Waals surface area contributed by atoms with Crippen molar-refractivity contribution in [1.29, 1.82) is 0 Å². The Morgan fingerprint density at radius 2 is 1.27 bits per heavy atom. The van der Waals surface area contributed by atoms with E-state index in [-0.39, 0.29) is 35.7 Å². The van der Waals surface area contributed by atoms with E-state index in [0.29, 0.717) is 31.2 Å². The topological polar surface area (TPSA) is 200 Å². The number of hydrogen-bond donors (Lipinski definition) is 4. The van der Waals surface area contributed by atoms with E-state index in [1.54, 1.807) is 23.5 Å². The molecule has 4 atom stereocenters. The fourth-order valence-corrected chi connectivity index (χ4v) is 8.05. The smallest absolute Gasteiger partial charge is 0.407 e. The molecule has 5 aromatic rings. The van der Waals surface area contributed by atoms with Gasteiger partial charge in [-0.15, -0.1) is 0 Å². The van der Waals surface area contributed by atoms with Gasteiger partial charge in [-0.1, -0.05) is 58.0 Å². The average Bonchev–Trinajstić information content (AvgIpc) is 4.08. The van der Waals surface area contributed by atoms with Crippen LogP contribution in [0.1, 0.15) is 83.5 Å². The second-order valence-electron chi connectivity index (χ2n) is 16.0. The number of rotatable bonds is 12. The summed E-state index contributed by atoms with van der Waals surface area (Å²) in [5.41, 5.74) is 6.57. The predicted octanol–water partition coefficient (Wildman–Crippen LogP) is 6.56. The van der Waals surface area contributed by atoms with Crippen molar-refractivity contribution in [2.45, 2.75) is 84.0 Å². The Hall–Kier alpha value is -6.32. The first-order valence-electron chi connectivity index (χ1n) is 20.2. The summed E-state index contributed by atoms with van der Waals surface area (Å²) in [6.45, 7) is 8.99. The zero-order valence-electron chi connectivity index (χ0n) is 34.3. The lowest BCUT2D eigenvalue weighted by Crippen LogP contribution is -2.51. The molecule has 16 nitrogen and oxygen atoms in total. The molecule has 3 aromatic heterocycles. The second kappa shape index (κ2) is 17.7. The first kappa shape index (κ1) is 40.9. The molecule has 2 aliphatic heterocycles. The maximum atomic E-state index is 13.7. The molecule has 4 amide bonds. The van der Waals surface area contributed by atoms with Gasteiger partial charge in [-0.05, 0) is 61.6 Å². The molecule has 0 bridgehead atoms. The lowest BCUT2D eigenvalue weighted by atomic mass is 10.0. The quantitative estimate of drug-likeness (QED) is 0.107. The van der Waals surface area contributed by atoms with E-state index in [1.807, 2.05) is 75.1 Å². The Morgan fingerprint density at radius 3 is 1.86 bits per heavy atom. The fraction of sp³-hybridized carbons (Fsp3) is 0.442. The monoisotopic (exact) mass is 804 g/mol. The number of benzene rings is 2. The van der Waals surface area contributed by atoms with Crippen LogP contribution in [0, 0.1) is 11.8 Å². The minimum Gasteiger partial charge on any atom is -0.453 e. The van der Waals surface area contributed by atoms with E-state index in [0.717, 1.165) is 70.5 Å². The molecular formula is C43H52N10O6. The molecule has 5 heterocycles. The number of H-pyrrole nitrogens is 2. The van der Waals surface area contributed by atoms with Gasteiger partial charge in [-0.3, -0.25) is 14.6 Å². The van der Waals surface area contributed by atoms with E-state index < -0.39 is 24.3 Å². The molecule has 16 heteroatoms. The number of aromatic nitrogens is 6. The van der Waals surface area contributed by atoms with Crippen molar-refractivity contribution in [3.8, 4) is 33.8 Å². The van der Waals surface area contributed by atoms with Gasteiger partial charge >= 0.3 is 12.2 Å². The number of nitrogens with one attached hydrogen (secondary N) is 4. The van der Waals surface area contributed by atoms with E-state index in [1.165, 1.54) is 14.2 Å². The number of methoxy groups -OCH3 is 2. The van der Waals surface area contributed by atoms with Crippen molar-refractivity contribution in [3.05, 3.63) is 72.7 Å². The summed E-state index contributed by atoms with van der Waals surface area (Å²) in [6, 6.07) is 12.1. The number of nitrogens with zero attached hydrogens (tertiary/aromatic N) is 6. The fourth-order valence-electron chi connectivity index (χ4n) is 8.05. The van der Waals surface area contributed by atoms with Crippen molar-refractivity contribution in [2.24, 2.45) is 11.8 Å². The van der Waals surface area contributed by atoms with Crippen LogP contribution in [0.15, 0.2) is 61.1 Å². The zero-order valence-corrected chi connectivity index (χ0v) is 34.3. The molecule has 310 valence electrons. The number of ether oxygens (including phenoxy) is 2. The van der Waals surface area contributed by atoms with Crippen LogP contribution in [0.2, 0.25) is 0 Å². The minimum atomic E-state index is -0.698. The lowest BCUT2D eigenvalue weighted by Gasteiger charge is -2.30. The summed E-state index contributed by atoms with van der Waals surface area (Å²) in [4.78, 5) is 80.7. The number of alkyl carbamates (subject to hydrolysis) is 2. The van der Waals surface area contributed by atoms with Crippen LogP contribution in [0.4, 0.5) is 9.59 Å². The van der Waals surface area contributed by atoms with Gasteiger partial charge in [0.1, 0.15) is 23.7 Å². The van der Waals surface area contributed by atoms with Crippen LogP contribution in [-0.2, 0) is 19.1 Å². The van der Waals surface area contributed by atoms with Crippen LogP contribution in [0.5, 0.6) is 0 Å². The van der Waals surface area contributed by atoms with E-state index >= 15 is 0 Å². The van der Waals surface area contributed by atoms with Gasteiger partial charge in [0.05, 0.1) is 73.0 Å². The summed E-state index contributed by atoms with van der Waals surface area (Å²) in [5.74, 6) is 1.20. The van der Waals surface area contributed by atoms with Crippen LogP contribution >= 0.6 is 0 Å². The van der Waals surface area contributed by atoms with Crippen molar-refractivity contribution < 1.29 is 28.7 Å². The number of amides is 4. The Bertz CT molecular complexity index is 2300. The molecule has 7 rings (SSSR count). The maximum Gasteiger partial charge on any atom is 0.407 e. The largest absolute Gasteiger partial charge is 0.453 e. The van der Waals surface area contributed by atoms with Crippen molar-refractivity contribution in [2.75, 3.05) is 27.3 Å². The third kappa shape index (κ3) is 8.91. The highest BCUT2D eigenvalue weighted by molar-refractivity contribution is 5.87. The maximum absolute atomic E-state index is 13.7. The van der Waals surface area contributed by atoms with Crippen molar-refractivity contribution in [1.82, 2.24) is 50.3 Å².